The normalized spacial score (nSPS) is 10.6. The molecule has 2 rings (SSSR count). The van der Waals surface area contributed by atoms with E-state index in [1.807, 2.05) is 45.0 Å². The van der Waals surface area contributed by atoms with E-state index in [0.717, 1.165) is 11.1 Å². The first-order valence-corrected chi connectivity index (χ1v) is 9.45. The van der Waals surface area contributed by atoms with E-state index in [2.05, 4.69) is 10.6 Å². The standard InChI is InChI=1S/C22H28N2O4/c1-4-27-20-10-8-19(9-11-20)22(26)24-14-21(25)23-13-17-6-5-7-18(12-17)15-28-16(2)3/h5-12,16H,4,13-15H2,1-3H3,(H,23,25)(H,24,26). The zero-order valence-electron chi connectivity index (χ0n) is 16.7. The first-order chi connectivity index (χ1) is 13.5. The van der Waals surface area contributed by atoms with E-state index in [1.165, 1.54) is 0 Å². The minimum Gasteiger partial charge on any atom is -0.494 e. The Hall–Kier alpha value is -2.86. The lowest BCUT2D eigenvalue weighted by atomic mass is 10.1. The Morgan fingerprint density at radius 3 is 2.39 bits per heavy atom. The fraction of sp³-hybridized carbons (Fsp3) is 0.364. The van der Waals surface area contributed by atoms with Gasteiger partial charge >= 0.3 is 0 Å². The molecule has 0 aromatic heterocycles. The number of amides is 2. The van der Waals surface area contributed by atoms with Crippen LogP contribution in [0.5, 0.6) is 5.75 Å². The molecule has 150 valence electrons. The first kappa shape index (κ1) is 21.4. The first-order valence-electron chi connectivity index (χ1n) is 9.45. The largest absolute Gasteiger partial charge is 0.494 e. The topological polar surface area (TPSA) is 76.7 Å². The second kappa shape index (κ2) is 11.1. The van der Waals surface area contributed by atoms with Crippen molar-refractivity contribution in [1.29, 1.82) is 0 Å². The molecule has 0 aliphatic carbocycles. The molecule has 0 aliphatic rings. The molecule has 0 unspecified atom stereocenters. The van der Waals surface area contributed by atoms with Gasteiger partial charge in [-0.05, 0) is 56.2 Å². The van der Waals surface area contributed by atoms with Crippen LogP contribution < -0.4 is 15.4 Å². The van der Waals surface area contributed by atoms with Crippen LogP contribution in [0.3, 0.4) is 0 Å². The maximum atomic E-state index is 12.1. The predicted molar refractivity (Wildman–Crippen MR) is 108 cm³/mol. The minimum atomic E-state index is -0.300. The Morgan fingerprint density at radius 1 is 1.00 bits per heavy atom. The summed E-state index contributed by atoms with van der Waals surface area (Å²) in [7, 11) is 0. The second-order valence-electron chi connectivity index (χ2n) is 6.60. The van der Waals surface area contributed by atoms with Crippen LogP contribution >= 0.6 is 0 Å². The number of rotatable bonds is 10. The van der Waals surface area contributed by atoms with Crippen molar-refractivity contribution in [2.45, 2.75) is 40.0 Å². The summed E-state index contributed by atoms with van der Waals surface area (Å²) in [6, 6.07) is 14.7. The number of ether oxygens (including phenoxy) is 2. The van der Waals surface area contributed by atoms with Crippen molar-refractivity contribution in [1.82, 2.24) is 10.6 Å². The SMILES string of the molecule is CCOc1ccc(C(=O)NCC(=O)NCc2cccc(COC(C)C)c2)cc1. The van der Waals surface area contributed by atoms with Crippen molar-refractivity contribution >= 4 is 11.8 Å². The maximum absolute atomic E-state index is 12.1. The highest BCUT2D eigenvalue weighted by molar-refractivity contribution is 5.96. The highest BCUT2D eigenvalue weighted by Crippen LogP contribution is 2.12. The van der Waals surface area contributed by atoms with E-state index in [9.17, 15) is 9.59 Å². The van der Waals surface area contributed by atoms with Gasteiger partial charge in [0.15, 0.2) is 0 Å². The molecule has 0 bridgehead atoms. The van der Waals surface area contributed by atoms with E-state index >= 15 is 0 Å². The van der Waals surface area contributed by atoms with Crippen LogP contribution in [0.1, 0.15) is 42.3 Å². The highest BCUT2D eigenvalue weighted by Gasteiger charge is 2.08. The molecule has 0 radical (unpaired) electrons. The van der Waals surface area contributed by atoms with Gasteiger partial charge in [-0.25, -0.2) is 0 Å². The molecule has 0 spiro atoms. The third-order valence-corrected chi connectivity index (χ3v) is 3.90. The number of carbonyl (C=O) groups is 2. The number of benzene rings is 2. The quantitative estimate of drug-likeness (QED) is 0.660. The zero-order chi connectivity index (χ0) is 20.4. The van der Waals surface area contributed by atoms with Crippen LogP contribution in [0, 0.1) is 0 Å². The Morgan fingerprint density at radius 2 is 1.71 bits per heavy atom. The zero-order valence-corrected chi connectivity index (χ0v) is 16.7. The molecule has 6 nitrogen and oxygen atoms in total. The van der Waals surface area contributed by atoms with Crippen LogP contribution in [0.2, 0.25) is 0 Å². The third-order valence-electron chi connectivity index (χ3n) is 3.90. The number of hydrogen-bond donors (Lipinski definition) is 2. The fourth-order valence-electron chi connectivity index (χ4n) is 2.49. The van der Waals surface area contributed by atoms with E-state index in [1.54, 1.807) is 24.3 Å². The van der Waals surface area contributed by atoms with Crippen molar-refractivity contribution in [3.8, 4) is 5.75 Å². The van der Waals surface area contributed by atoms with Gasteiger partial charge in [0.1, 0.15) is 5.75 Å². The molecule has 0 fully saturated rings. The van der Waals surface area contributed by atoms with Crippen molar-refractivity contribution in [3.63, 3.8) is 0 Å². The summed E-state index contributed by atoms with van der Waals surface area (Å²) in [6.07, 6.45) is 0.169. The van der Waals surface area contributed by atoms with Gasteiger partial charge in [0.05, 0.1) is 25.9 Å². The van der Waals surface area contributed by atoms with Gasteiger partial charge in [-0.3, -0.25) is 9.59 Å². The van der Waals surface area contributed by atoms with Crippen LogP contribution in [-0.2, 0) is 22.7 Å². The minimum absolute atomic E-state index is 0.0812. The van der Waals surface area contributed by atoms with Gasteiger partial charge in [-0.1, -0.05) is 24.3 Å². The number of nitrogens with one attached hydrogen (secondary N) is 2. The van der Waals surface area contributed by atoms with Gasteiger partial charge < -0.3 is 20.1 Å². The number of hydrogen-bond acceptors (Lipinski definition) is 4. The fourth-order valence-corrected chi connectivity index (χ4v) is 2.49. The summed E-state index contributed by atoms with van der Waals surface area (Å²) < 4.78 is 10.9. The Bertz CT molecular complexity index is 772. The van der Waals surface area contributed by atoms with Crippen LogP contribution in [0.25, 0.3) is 0 Å². The average Bonchev–Trinajstić information content (AvgIpc) is 2.70. The monoisotopic (exact) mass is 384 g/mol. The molecule has 0 saturated heterocycles. The van der Waals surface area contributed by atoms with E-state index in [4.69, 9.17) is 9.47 Å². The second-order valence-corrected chi connectivity index (χ2v) is 6.60. The molecule has 0 heterocycles. The molecule has 2 N–H and O–H groups in total. The molecular weight excluding hydrogens is 356 g/mol. The summed E-state index contributed by atoms with van der Waals surface area (Å²) >= 11 is 0. The van der Waals surface area contributed by atoms with Gasteiger partial charge in [-0.2, -0.15) is 0 Å². The smallest absolute Gasteiger partial charge is 0.251 e. The van der Waals surface area contributed by atoms with Crippen LogP contribution in [0.15, 0.2) is 48.5 Å². The lowest BCUT2D eigenvalue weighted by Gasteiger charge is -2.10. The van der Waals surface area contributed by atoms with Gasteiger partial charge in [0.2, 0.25) is 5.91 Å². The Balaban J connectivity index is 1.76. The van der Waals surface area contributed by atoms with Crippen molar-refractivity contribution < 1.29 is 19.1 Å². The van der Waals surface area contributed by atoms with E-state index < -0.39 is 0 Å². The molecule has 0 atom stereocenters. The van der Waals surface area contributed by atoms with E-state index in [0.29, 0.717) is 31.1 Å². The predicted octanol–water partition coefficient (Wildman–Crippen LogP) is 3.06. The van der Waals surface area contributed by atoms with E-state index in [-0.39, 0.29) is 24.5 Å². The van der Waals surface area contributed by atoms with Crippen LogP contribution in [-0.4, -0.2) is 31.1 Å². The molecule has 2 amide bonds. The third kappa shape index (κ3) is 7.40. The molecule has 28 heavy (non-hydrogen) atoms. The average molecular weight is 384 g/mol. The summed E-state index contributed by atoms with van der Waals surface area (Å²) in [5, 5.41) is 5.43. The van der Waals surface area contributed by atoms with Crippen molar-refractivity contribution in [3.05, 3.63) is 65.2 Å². The molecule has 2 aromatic carbocycles. The van der Waals surface area contributed by atoms with Gasteiger partial charge in [0.25, 0.3) is 5.91 Å². The Kier molecular flexibility index (Phi) is 8.49. The van der Waals surface area contributed by atoms with Crippen molar-refractivity contribution in [2.24, 2.45) is 0 Å². The molecule has 2 aromatic rings. The lowest BCUT2D eigenvalue weighted by Crippen LogP contribution is -2.36. The van der Waals surface area contributed by atoms with Crippen LogP contribution in [0.4, 0.5) is 0 Å². The maximum Gasteiger partial charge on any atom is 0.251 e. The highest BCUT2D eigenvalue weighted by atomic mass is 16.5. The number of carbonyl (C=O) groups excluding carboxylic acids is 2. The van der Waals surface area contributed by atoms with Gasteiger partial charge in [-0.15, -0.1) is 0 Å². The lowest BCUT2D eigenvalue weighted by molar-refractivity contribution is -0.120. The summed E-state index contributed by atoms with van der Waals surface area (Å²) in [5.41, 5.74) is 2.52. The summed E-state index contributed by atoms with van der Waals surface area (Å²) in [5.74, 6) is 0.159. The van der Waals surface area contributed by atoms with Gasteiger partial charge in [0, 0.05) is 12.1 Å². The Labute approximate surface area is 166 Å². The molecule has 6 heteroatoms. The molecular formula is C22H28N2O4. The van der Waals surface area contributed by atoms with Crippen molar-refractivity contribution in [2.75, 3.05) is 13.2 Å². The molecule has 0 aliphatic heterocycles. The summed E-state index contributed by atoms with van der Waals surface area (Å²) in [4.78, 5) is 24.1. The summed E-state index contributed by atoms with van der Waals surface area (Å²) in [6.45, 7) is 7.30. The molecule has 0 saturated carbocycles.